The van der Waals surface area contributed by atoms with Gasteiger partial charge in [0.25, 0.3) is 0 Å². The molecule has 274 valence electrons. The Morgan fingerprint density at radius 2 is 1.41 bits per heavy atom. The highest BCUT2D eigenvalue weighted by Crippen LogP contribution is 2.35. The first-order valence-corrected chi connectivity index (χ1v) is 19.9. The number of hydrogen-bond donors (Lipinski definition) is 1. The van der Waals surface area contributed by atoms with Crippen LogP contribution in [-0.4, -0.2) is 5.84 Å². The molecule has 5 aromatic rings. The van der Waals surface area contributed by atoms with Gasteiger partial charge in [-0.2, -0.15) is 0 Å². The van der Waals surface area contributed by atoms with Crippen molar-refractivity contribution in [3.63, 3.8) is 0 Å². The lowest BCUT2D eigenvalue weighted by Gasteiger charge is -2.27. The molecule has 2 atom stereocenters. The third-order valence-electron chi connectivity index (χ3n) is 10.7. The van der Waals surface area contributed by atoms with Crippen LogP contribution in [0.1, 0.15) is 60.0 Å². The summed E-state index contributed by atoms with van der Waals surface area (Å²) in [6, 6.07) is 46.0. The van der Waals surface area contributed by atoms with Crippen LogP contribution >= 0.6 is 0 Å². The fraction of sp³-hybridized carbons (Fsp3) is 0.130. The highest BCUT2D eigenvalue weighted by atomic mass is 15.0. The minimum atomic E-state index is -0.0791. The summed E-state index contributed by atoms with van der Waals surface area (Å²) in [7, 11) is 0. The van der Waals surface area contributed by atoms with Crippen LogP contribution in [0.3, 0.4) is 0 Å². The summed E-state index contributed by atoms with van der Waals surface area (Å²) in [5.74, 6) is 1.27. The van der Waals surface area contributed by atoms with Crippen molar-refractivity contribution >= 4 is 23.1 Å². The van der Waals surface area contributed by atoms with Crippen molar-refractivity contribution in [2.24, 2.45) is 10.9 Å². The molecule has 0 aromatic heterocycles. The molecule has 0 fully saturated rings. The van der Waals surface area contributed by atoms with Gasteiger partial charge < -0.3 is 5.32 Å². The standard InChI is InChI=1S/C54H48N2/c1-3-41(49-35-50(42-16-8-4-9-17-42)37-51(36-49)43-18-10-5-11-19-43)34-48(29-28-40-26-24-39(2)25-27-40)44-30-32-46(33-31-44)53-38-52(45-20-12-6-13-21-45)55-54(56-53)47-22-14-7-15-23-47/h3-5,7-12,14-22,24-38,47,53H,6,13,23H2,1-2H3,(H,55,56)/b29-28?,41-3+,48-34+. The number of aliphatic imine (C=N–C) groups is 1. The van der Waals surface area contributed by atoms with Crippen LogP contribution < -0.4 is 5.32 Å². The highest BCUT2D eigenvalue weighted by Gasteiger charge is 2.23. The average molecular weight is 725 g/mol. The van der Waals surface area contributed by atoms with Crippen LogP contribution in [0.5, 0.6) is 0 Å². The summed E-state index contributed by atoms with van der Waals surface area (Å²) in [6.45, 7) is 4.27. The number of benzene rings is 5. The van der Waals surface area contributed by atoms with E-state index in [9.17, 15) is 0 Å². The van der Waals surface area contributed by atoms with Gasteiger partial charge in [0.1, 0.15) is 5.84 Å². The number of allylic oxidation sites excluding steroid dienone is 11. The predicted molar refractivity (Wildman–Crippen MR) is 240 cm³/mol. The van der Waals surface area contributed by atoms with E-state index in [2.05, 4.69) is 219 Å². The van der Waals surface area contributed by atoms with E-state index >= 15 is 0 Å². The van der Waals surface area contributed by atoms with E-state index in [4.69, 9.17) is 4.99 Å². The largest absolute Gasteiger partial charge is 0.343 e. The maximum atomic E-state index is 5.30. The Kier molecular flexibility index (Phi) is 11.3. The van der Waals surface area contributed by atoms with Crippen LogP contribution in [-0.2, 0) is 0 Å². The molecule has 1 N–H and O–H groups in total. The van der Waals surface area contributed by atoms with Crippen molar-refractivity contribution in [2.45, 2.75) is 39.2 Å². The molecule has 2 aliphatic carbocycles. The predicted octanol–water partition coefficient (Wildman–Crippen LogP) is 13.9. The molecule has 1 heterocycles. The van der Waals surface area contributed by atoms with E-state index in [1.165, 1.54) is 50.1 Å². The van der Waals surface area contributed by atoms with Crippen LogP contribution in [0.25, 0.3) is 39.5 Å². The van der Waals surface area contributed by atoms with E-state index in [-0.39, 0.29) is 12.0 Å². The van der Waals surface area contributed by atoms with Crippen molar-refractivity contribution in [1.29, 1.82) is 0 Å². The van der Waals surface area contributed by atoms with Crippen molar-refractivity contribution < 1.29 is 0 Å². The number of aryl methyl sites for hydroxylation is 1. The first kappa shape index (κ1) is 36.5. The molecule has 5 aromatic carbocycles. The molecule has 0 saturated heterocycles. The van der Waals surface area contributed by atoms with E-state index in [0.717, 1.165) is 47.5 Å². The second-order valence-electron chi connectivity index (χ2n) is 14.7. The fourth-order valence-corrected chi connectivity index (χ4v) is 7.53. The lowest BCUT2D eigenvalue weighted by atomic mass is 9.91. The smallest absolute Gasteiger partial charge is 0.109 e. The highest BCUT2D eigenvalue weighted by molar-refractivity contribution is 5.92. The van der Waals surface area contributed by atoms with Crippen LogP contribution in [0.15, 0.2) is 210 Å². The van der Waals surface area contributed by atoms with Crippen LogP contribution in [0.2, 0.25) is 0 Å². The third kappa shape index (κ3) is 8.72. The second kappa shape index (κ2) is 17.3. The molecule has 3 aliphatic rings. The molecular weight excluding hydrogens is 677 g/mol. The van der Waals surface area contributed by atoms with Gasteiger partial charge in [0.15, 0.2) is 0 Å². The molecule has 0 amide bonds. The zero-order chi connectivity index (χ0) is 38.1. The Morgan fingerprint density at radius 3 is 2.04 bits per heavy atom. The van der Waals surface area contributed by atoms with Crippen molar-refractivity contribution in [3.05, 3.63) is 233 Å². The minimum Gasteiger partial charge on any atom is -0.343 e. The maximum absolute atomic E-state index is 5.30. The van der Waals surface area contributed by atoms with Gasteiger partial charge in [0.05, 0.1) is 6.04 Å². The van der Waals surface area contributed by atoms with Gasteiger partial charge in [-0.3, -0.25) is 4.99 Å². The Labute approximate surface area is 332 Å². The van der Waals surface area contributed by atoms with Gasteiger partial charge in [0, 0.05) is 11.6 Å². The molecule has 0 bridgehead atoms. The van der Waals surface area contributed by atoms with Gasteiger partial charge in [-0.1, -0.05) is 176 Å². The van der Waals surface area contributed by atoms with Gasteiger partial charge in [-0.15, -0.1) is 0 Å². The Morgan fingerprint density at radius 1 is 0.696 bits per heavy atom. The lowest BCUT2D eigenvalue weighted by Crippen LogP contribution is -2.34. The van der Waals surface area contributed by atoms with E-state index < -0.39 is 0 Å². The minimum absolute atomic E-state index is 0.0791. The third-order valence-corrected chi connectivity index (χ3v) is 10.7. The maximum Gasteiger partial charge on any atom is 0.109 e. The molecule has 0 spiro atoms. The quantitative estimate of drug-likeness (QED) is 0.143. The molecular formula is C54H48N2. The first-order valence-electron chi connectivity index (χ1n) is 19.9. The Hall–Kier alpha value is -6.51. The molecule has 2 nitrogen and oxygen atoms in total. The fourth-order valence-electron chi connectivity index (χ4n) is 7.53. The molecule has 56 heavy (non-hydrogen) atoms. The lowest BCUT2D eigenvalue weighted by molar-refractivity contribution is 0.765. The molecule has 1 aliphatic heterocycles. The molecule has 2 heteroatoms. The monoisotopic (exact) mass is 724 g/mol. The number of nitrogens with zero attached hydrogens (tertiary/aromatic N) is 1. The van der Waals surface area contributed by atoms with Crippen molar-refractivity contribution in [3.8, 4) is 22.3 Å². The molecule has 0 saturated carbocycles. The van der Waals surface area contributed by atoms with E-state index in [1.807, 2.05) is 0 Å². The summed E-state index contributed by atoms with van der Waals surface area (Å²) in [6.07, 6.45) is 30.0. The number of hydrogen-bond acceptors (Lipinski definition) is 2. The summed E-state index contributed by atoms with van der Waals surface area (Å²) in [5.41, 5.74) is 15.4. The summed E-state index contributed by atoms with van der Waals surface area (Å²) < 4.78 is 0. The molecule has 8 rings (SSSR count). The zero-order valence-corrected chi connectivity index (χ0v) is 32.3. The van der Waals surface area contributed by atoms with Crippen molar-refractivity contribution in [2.75, 3.05) is 0 Å². The number of amidine groups is 1. The average Bonchev–Trinajstić information content (AvgIpc) is 3.28. The van der Waals surface area contributed by atoms with Crippen LogP contribution in [0, 0.1) is 12.8 Å². The Balaban J connectivity index is 1.18. The van der Waals surface area contributed by atoms with E-state index in [0.29, 0.717) is 0 Å². The van der Waals surface area contributed by atoms with Gasteiger partial charge >= 0.3 is 0 Å². The number of rotatable bonds is 10. The molecule has 2 unspecified atom stereocenters. The zero-order valence-electron chi connectivity index (χ0n) is 32.3. The second-order valence-corrected chi connectivity index (χ2v) is 14.7. The van der Waals surface area contributed by atoms with Gasteiger partial charge in [-0.25, -0.2) is 0 Å². The summed E-state index contributed by atoms with van der Waals surface area (Å²) in [5, 5.41) is 3.71. The summed E-state index contributed by atoms with van der Waals surface area (Å²) in [4.78, 5) is 5.30. The van der Waals surface area contributed by atoms with Crippen molar-refractivity contribution in [1.82, 2.24) is 5.32 Å². The van der Waals surface area contributed by atoms with Crippen LogP contribution in [0.4, 0.5) is 0 Å². The van der Waals surface area contributed by atoms with Gasteiger partial charge in [-0.05, 0) is 125 Å². The SMILES string of the molecule is C/C=C(\C=C(/C=Cc1ccc(C)cc1)c1ccc(C2C=C(C3=CCCC=C3)NC(C3C=CC=CC3)=N2)cc1)c1cc(-c2ccccc2)cc(-c2ccccc2)c1. The summed E-state index contributed by atoms with van der Waals surface area (Å²) >= 11 is 0. The first-order chi connectivity index (χ1) is 27.6. The topological polar surface area (TPSA) is 24.4 Å². The number of nitrogens with one attached hydrogen (secondary N) is 1. The van der Waals surface area contributed by atoms with Gasteiger partial charge in [0.2, 0.25) is 0 Å². The Bertz CT molecular complexity index is 2390. The van der Waals surface area contributed by atoms with E-state index in [1.54, 1.807) is 0 Å². The molecule has 0 radical (unpaired) electrons. The normalized spacial score (nSPS) is 18.4.